The zero-order chi connectivity index (χ0) is 14.9. The largest absolute Gasteiger partial charge is 0.280 e. The van der Waals surface area contributed by atoms with Crippen molar-refractivity contribution >= 4 is 59.2 Å². The lowest BCUT2D eigenvalue weighted by atomic mass is 10.3. The molecule has 0 heterocycles. The van der Waals surface area contributed by atoms with Crippen molar-refractivity contribution in [2.45, 2.75) is 4.90 Å². The van der Waals surface area contributed by atoms with Crippen LogP contribution in [0, 0.1) is 5.82 Å². The maximum absolute atomic E-state index is 13.7. The Morgan fingerprint density at radius 1 is 1.10 bits per heavy atom. The molecule has 2 rings (SSSR count). The van der Waals surface area contributed by atoms with Gasteiger partial charge in [-0.15, -0.1) is 0 Å². The molecule has 2 aromatic carbocycles. The monoisotopic (exact) mass is 441 g/mol. The molecule has 0 fully saturated rings. The zero-order valence-electron chi connectivity index (χ0n) is 9.70. The molecule has 0 spiro atoms. The highest BCUT2D eigenvalue weighted by Gasteiger charge is 2.19. The van der Waals surface area contributed by atoms with Crippen LogP contribution >= 0.6 is 43.5 Å². The SMILES string of the molecule is O=S(=O)(Nc1ccc(Cl)c(Br)c1)c1ccc(Br)cc1F. The van der Waals surface area contributed by atoms with E-state index in [1.165, 1.54) is 30.3 Å². The van der Waals surface area contributed by atoms with Crippen molar-refractivity contribution in [2.75, 3.05) is 4.72 Å². The Labute approximate surface area is 137 Å². The normalized spacial score (nSPS) is 11.4. The van der Waals surface area contributed by atoms with Gasteiger partial charge in [-0.3, -0.25) is 4.72 Å². The quantitative estimate of drug-likeness (QED) is 0.741. The molecule has 0 unspecified atom stereocenters. The van der Waals surface area contributed by atoms with Gasteiger partial charge in [0.25, 0.3) is 10.0 Å². The van der Waals surface area contributed by atoms with Crippen molar-refractivity contribution in [3.8, 4) is 0 Å². The molecule has 0 aliphatic heterocycles. The Kier molecular flexibility index (Phi) is 4.73. The molecule has 2 aromatic rings. The van der Waals surface area contributed by atoms with Gasteiger partial charge in [0, 0.05) is 8.95 Å². The van der Waals surface area contributed by atoms with Gasteiger partial charge in [-0.25, -0.2) is 12.8 Å². The van der Waals surface area contributed by atoms with Gasteiger partial charge in [0.1, 0.15) is 10.7 Å². The Bertz CT molecular complexity index is 768. The smallest absolute Gasteiger partial charge is 0.264 e. The fraction of sp³-hybridized carbons (Fsp3) is 0. The van der Waals surface area contributed by atoms with Crippen LogP contribution in [0.2, 0.25) is 5.02 Å². The molecular formula is C12H7Br2ClFNO2S. The third-order valence-corrected chi connectivity index (χ3v) is 5.48. The zero-order valence-corrected chi connectivity index (χ0v) is 14.4. The molecule has 8 heteroatoms. The van der Waals surface area contributed by atoms with Crippen LogP contribution in [0.25, 0.3) is 0 Å². The highest BCUT2D eigenvalue weighted by atomic mass is 79.9. The van der Waals surface area contributed by atoms with E-state index >= 15 is 0 Å². The summed E-state index contributed by atoms with van der Waals surface area (Å²) in [6.07, 6.45) is 0. The van der Waals surface area contributed by atoms with Crippen LogP contribution in [-0.2, 0) is 10.0 Å². The lowest BCUT2D eigenvalue weighted by Crippen LogP contribution is -2.14. The fourth-order valence-corrected chi connectivity index (χ4v) is 3.40. The van der Waals surface area contributed by atoms with Crippen LogP contribution < -0.4 is 4.72 Å². The van der Waals surface area contributed by atoms with Gasteiger partial charge in [-0.2, -0.15) is 0 Å². The summed E-state index contributed by atoms with van der Waals surface area (Å²) in [6.45, 7) is 0. The first-order chi connectivity index (χ1) is 9.29. The topological polar surface area (TPSA) is 46.2 Å². The predicted molar refractivity (Wildman–Crippen MR) is 84.1 cm³/mol. The molecular weight excluding hydrogens is 436 g/mol. The van der Waals surface area contributed by atoms with E-state index in [-0.39, 0.29) is 5.69 Å². The first-order valence-electron chi connectivity index (χ1n) is 5.22. The van der Waals surface area contributed by atoms with E-state index in [9.17, 15) is 12.8 Å². The van der Waals surface area contributed by atoms with Crippen molar-refractivity contribution in [2.24, 2.45) is 0 Å². The van der Waals surface area contributed by atoms with E-state index in [0.717, 1.165) is 6.07 Å². The summed E-state index contributed by atoms with van der Waals surface area (Å²) in [7, 11) is -4.00. The Morgan fingerprint density at radius 2 is 1.80 bits per heavy atom. The molecule has 0 atom stereocenters. The van der Waals surface area contributed by atoms with E-state index in [2.05, 4.69) is 36.6 Å². The van der Waals surface area contributed by atoms with Gasteiger partial charge in [-0.1, -0.05) is 27.5 Å². The molecule has 0 aliphatic rings. The van der Waals surface area contributed by atoms with E-state index in [4.69, 9.17) is 11.6 Å². The summed E-state index contributed by atoms with van der Waals surface area (Å²) in [4.78, 5) is -0.424. The number of anilines is 1. The molecule has 3 nitrogen and oxygen atoms in total. The molecule has 20 heavy (non-hydrogen) atoms. The minimum Gasteiger partial charge on any atom is -0.280 e. The molecule has 0 amide bonds. The minimum absolute atomic E-state index is 0.281. The highest BCUT2D eigenvalue weighted by Crippen LogP contribution is 2.27. The van der Waals surface area contributed by atoms with Crippen molar-refractivity contribution in [1.82, 2.24) is 0 Å². The maximum atomic E-state index is 13.7. The number of rotatable bonds is 3. The molecule has 0 saturated carbocycles. The summed E-state index contributed by atoms with van der Waals surface area (Å²) in [6, 6.07) is 8.24. The van der Waals surface area contributed by atoms with Gasteiger partial charge >= 0.3 is 0 Å². The van der Waals surface area contributed by atoms with Gasteiger partial charge in [-0.05, 0) is 52.3 Å². The van der Waals surface area contributed by atoms with Crippen LogP contribution in [0.3, 0.4) is 0 Å². The summed E-state index contributed by atoms with van der Waals surface area (Å²) < 4.78 is 41.2. The third-order valence-electron chi connectivity index (χ3n) is 2.36. The number of hydrogen-bond donors (Lipinski definition) is 1. The molecule has 106 valence electrons. The fourth-order valence-electron chi connectivity index (χ4n) is 1.46. The van der Waals surface area contributed by atoms with Gasteiger partial charge in [0.2, 0.25) is 0 Å². The first kappa shape index (κ1) is 15.8. The molecule has 1 N–H and O–H groups in total. The second-order valence-electron chi connectivity index (χ2n) is 3.81. The molecule has 0 radical (unpaired) electrons. The van der Waals surface area contributed by atoms with Crippen LogP contribution in [0.15, 0.2) is 50.2 Å². The Hall–Kier alpha value is -0.630. The summed E-state index contributed by atoms with van der Waals surface area (Å²) in [5, 5.41) is 0.447. The average molecular weight is 444 g/mol. The number of nitrogens with one attached hydrogen (secondary N) is 1. The van der Waals surface area contributed by atoms with Crippen molar-refractivity contribution in [3.05, 3.63) is 56.2 Å². The first-order valence-corrected chi connectivity index (χ1v) is 8.67. The summed E-state index contributed by atoms with van der Waals surface area (Å²) in [5.74, 6) is -0.833. The predicted octanol–water partition coefficient (Wildman–Crippen LogP) is 4.80. The van der Waals surface area contributed by atoms with Crippen molar-refractivity contribution in [1.29, 1.82) is 0 Å². The van der Waals surface area contributed by atoms with E-state index < -0.39 is 20.7 Å². The number of halogens is 4. The van der Waals surface area contributed by atoms with Crippen LogP contribution in [-0.4, -0.2) is 8.42 Å². The van der Waals surface area contributed by atoms with Crippen LogP contribution in [0.5, 0.6) is 0 Å². The van der Waals surface area contributed by atoms with E-state index in [1.54, 1.807) is 0 Å². The standard InChI is InChI=1S/C12H7Br2ClFNO2S/c13-7-1-4-12(11(16)5-7)20(18,19)17-8-2-3-10(15)9(14)6-8/h1-6,17H. The third kappa shape index (κ3) is 3.52. The lowest BCUT2D eigenvalue weighted by molar-refractivity contribution is 0.570. The number of hydrogen-bond acceptors (Lipinski definition) is 2. The van der Waals surface area contributed by atoms with Gasteiger partial charge in [0.05, 0.1) is 10.7 Å². The summed E-state index contributed by atoms with van der Waals surface area (Å²) in [5.41, 5.74) is 0.281. The molecule has 0 aromatic heterocycles. The number of sulfonamides is 1. The molecule has 0 bridgehead atoms. The maximum Gasteiger partial charge on any atom is 0.264 e. The van der Waals surface area contributed by atoms with Crippen LogP contribution in [0.1, 0.15) is 0 Å². The van der Waals surface area contributed by atoms with E-state index in [0.29, 0.717) is 14.0 Å². The van der Waals surface area contributed by atoms with Crippen molar-refractivity contribution < 1.29 is 12.8 Å². The lowest BCUT2D eigenvalue weighted by Gasteiger charge is -2.10. The van der Waals surface area contributed by atoms with Crippen LogP contribution in [0.4, 0.5) is 10.1 Å². The minimum atomic E-state index is -4.00. The van der Waals surface area contributed by atoms with E-state index in [1.807, 2.05) is 0 Å². The Morgan fingerprint density at radius 3 is 2.40 bits per heavy atom. The molecule has 0 aliphatic carbocycles. The number of benzene rings is 2. The van der Waals surface area contributed by atoms with Gasteiger partial charge < -0.3 is 0 Å². The average Bonchev–Trinajstić information content (AvgIpc) is 2.33. The summed E-state index contributed by atoms with van der Waals surface area (Å²) >= 11 is 12.1. The van der Waals surface area contributed by atoms with Gasteiger partial charge in [0.15, 0.2) is 0 Å². The second kappa shape index (κ2) is 6.01. The van der Waals surface area contributed by atoms with Crippen molar-refractivity contribution in [3.63, 3.8) is 0 Å². The Balaban J connectivity index is 2.38. The second-order valence-corrected chi connectivity index (χ2v) is 7.64. The molecule has 0 saturated heterocycles. The highest BCUT2D eigenvalue weighted by molar-refractivity contribution is 9.10.